The number of nitrogens with zero attached hydrogens (tertiary/aromatic N) is 2. The molecule has 1 fully saturated rings. The first kappa shape index (κ1) is 16.6. The van der Waals surface area contributed by atoms with Crippen molar-refractivity contribution in [1.29, 1.82) is 5.26 Å². The summed E-state index contributed by atoms with van der Waals surface area (Å²) in [4.78, 5) is -0.229. The van der Waals surface area contributed by atoms with Gasteiger partial charge in [-0.25, -0.2) is 12.8 Å². The molecule has 7 heteroatoms. The third kappa shape index (κ3) is 2.59. The lowest BCUT2D eigenvalue weighted by Crippen LogP contribution is -2.65. The van der Waals surface area contributed by atoms with Crippen molar-refractivity contribution in [2.24, 2.45) is 0 Å². The molecule has 2 aromatic carbocycles. The molecular formula is C17H15FN2O3S. The molecule has 1 N–H and O–H groups in total. The normalized spacial score (nSPS) is 24.1. The molecule has 0 amide bonds. The lowest BCUT2D eigenvalue weighted by atomic mass is 9.78. The summed E-state index contributed by atoms with van der Waals surface area (Å²) in [5, 5.41) is 19.1. The second kappa shape index (κ2) is 6.32. The van der Waals surface area contributed by atoms with Gasteiger partial charge in [0.05, 0.1) is 23.6 Å². The van der Waals surface area contributed by atoms with E-state index in [2.05, 4.69) is 0 Å². The molecule has 24 heavy (non-hydrogen) atoms. The van der Waals surface area contributed by atoms with E-state index in [1.54, 1.807) is 24.3 Å². The number of hydrogen-bond acceptors (Lipinski definition) is 4. The van der Waals surface area contributed by atoms with Crippen LogP contribution in [0.1, 0.15) is 11.5 Å². The summed E-state index contributed by atoms with van der Waals surface area (Å²) in [6.45, 7) is -0.424. The number of rotatable bonds is 4. The first-order chi connectivity index (χ1) is 11.5. The van der Waals surface area contributed by atoms with E-state index < -0.39 is 40.4 Å². The molecule has 1 heterocycles. The van der Waals surface area contributed by atoms with Crippen molar-refractivity contribution >= 4 is 10.0 Å². The summed E-state index contributed by atoms with van der Waals surface area (Å²) in [5.41, 5.74) is 0.786. The van der Waals surface area contributed by atoms with Gasteiger partial charge < -0.3 is 5.11 Å². The number of benzene rings is 2. The largest absolute Gasteiger partial charge is 0.395 e. The minimum Gasteiger partial charge on any atom is -0.395 e. The van der Waals surface area contributed by atoms with Crippen molar-refractivity contribution in [3.8, 4) is 6.07 Å². The van der Waals surface area contributed by atoms with Crippen LogP contribution in [-0.4, -0.2) is 36.5 Å². The Kier molecular flexibility index (Phi) is 4.37. The summed E-state index contributed by atoms with van der Waals surface area (Å²) in [7, 11) is -4.08. The highest BCUT2D eigenvalue weighted by atomic mass is 32.2. The van der Waals surface area contributed by atoms with E-state index in [1.165, 1.54) is 12.1 Å². The molecule has 0 bridgehead atoms. The first-order valence-corrected chi connectivity index (χ1v) is 8.79. The summed E-state index contributed by atoms with van der Waals surface area (Å²) < 4.78 is 39.9. The third-order valence-corrected chi connectivity index (χ3v) is 6.13. The van der Waals surface area contributed by atoms with E-state index in [0.717, 1.165) is 22.0 Å². The van der Waals surface area contributed by atoms with Gasteiger partial charge in [0.1, 0.15) is 11.9 Å². The van der Waals surface area contributed by atoms with Crippen LogP contribution in [0.5, 0.6) is 0 Å². The predicted octanol–water partition coefficient (Wildman–Crippen LogP) is 1.87. The molecule has 3 rings (SSSR count). The highest BCUT2D eigenvalue weighted by Crippen LogP contribution is 2.43. The molecule has 5 nitrogen and oxygen atoms in total. The van der Waals surface area contributed by atoms with Gasteiger partial charge in [0, 0.05) is 5.92 Å². The van der Waals surface area contributed by atoms with Crippen LogP contribution in [0.3, 0.4) is 0 Å². The number of hydrogen-bond donors (Lipinski definition) is 1. The van der Waals surface area contributed by atoms with Crippen LogP contribution < -0.4 is 0 Å². The molecule has 2 aromatic rings. The van der Waals surface area contributed by atoms with E-state index >= 15 is 0 Å². The lowest BCUT2D eigenvalue weighted by Gasteiger charge is -2.50. The molecule has 1 aliphatic heterocycles. The van der Waals surface area contributed by atoms with Crippen LogP contribution in [-0.2, 0) is 10.0 Å². The molecule has 124 valence electrons. The van der Waals surface area contributed by atoms with Gasteiger partial charge in [0.2, 0.25) is 10.0 Å². The monoisotopic (exact) mass is 346 g/mol. The lowest BCUT2D eigenvalue weighted by molar-refractivity contribution is 0.0556. The highest BCUT2D eigenvalue weighted by molar-refractivity contribution is 7.89. The van der Waals surface area contributed by atoms with Crippen LogP contribution in [0.4, 0.5) is 4.39 Å². The standard InChI is InChI=1S/C17H15FN2O3S/c18-13-7-4-8-14(9-13)24(22,23)20-15(10-19)17(16(20)11-21)12-5-2-1-3-6-12/h1-9,15-17,21H,11H2/t15-,16-,17+/m0/s1. The van der Waals surface area contributed by atoms with E-state index in [-0.39, 0.29) is 4.90 Å². The number of aliphatic hydroxyl groups is 1. The maximum absolute atomic E-state index is 13.4. The Morgan fingerprint density at radius 2 is 1.88 bits per heavy atom. The topological polar surface area (TPSA) is 81.4 Å². The summed E-state index contributed by atoms with van der Waals surface area (Å²) in [5.74, 6) is -1.10. The smallest absolute Gasteiger partial charge is 0.244 e. The second-order valence-corrected chi connectivity index (χ2v) is 7.40. The first-order valence-electron chi connectivity index (χ1n) is 7.35. The van der Waals surface area contributed by atoms with E-state index in [9.17, 15) is 23.2 Å². The van der Waals surface area contributed by atoms with E-state index in [0.29, 0.717) is 0 Å². The average Bonchev–Trinajstić information content (AvgIpc) is 2.55. The molecule has 0 saturated carbocycles. The molecule has 3 atom stereocenters. The molecule has 0 aliphatic carbocycles. The van der Waals surface area contributed by atoms with Crippen molar-refractivity contribution in [1.82, 2.24) is 4.31 Å². The van der Waals surface area contributed by atoms with Crippen LogP contribution in [0.2, 0.25) is 0 Å². The van der Waals surface area contributed by atoms with E-state index in [1.807, 2.05) is 12.1 Å². The highest BCUT2D eigenvalue weighted by Gasteiger charge is 2.55. The van der Waals surface area contributed by atoms with Crippen molar-refractivity contribution in [3.05, 3.63) is 66.0 Å². The summed E-state index contributed by atoms with van der Waals surface area (Å²) in [6.07, 6.45) is 0. The molecule has 0 radical (unpaired) electrons. The van der Waals surface area contributed by atoms with Crippen molar-refractivity contribution in [2.75, 3.05) is 6.61 Å². The SMILES string of the molecule is N#C[C@H]1[C@@H](c2ccccc2)[C@H](CO)N1S(=O)(=O)c1cccc(F)c1. The van der Waals surface area contributed by atoms with Gasteiger partial charge >= 0.3 is 0 Å². The maximum Gasteiger partial charge on any atom is 0.244 e. The van der Waals surface area contributed by atoms with Gasteiger partial charge in [-0.15, -0.1) is 0 Å². The second-order valence-electron chi connectivity index (χ2n) is 5.55. The molecule has 0 unspecified atom stereocenters. The minimum absolute atomic E-state index is 0.229. The zero-order valence-electron chi connectivity index (χ0n) is 12.6. The summed E-state index contributed by atoms with van der Waals surface area (Å²) >= 11 is 0. The average molecular weight is 346 g/mol. The quantitative estimate of drug-likeness (QED) is 0.916. The fraction of sp³-hybridized carbons (Fsp3) is 0.235. The van der Waals surface area contributed by atoms with Crippen LogP contribution in [0.25, 0.3) is 0 Å². The Balaban J connectivity index is 2.01. The van der Waals surface area contributed by atoms with Gasteiger partial charge in [0.15, 0.2) is 0 Å². The molecule has 0 aromatic heterocycles. The Hall–Kier alpha value is -2.27. The van der Waals surface area contributed by atoms with Crippen LogP contribution in [0, 0.1) is 17.1 Å². The van der Waals surface area contributed by atoms with Crippen molar-refractivity contribution in [2.45, 2.75) is 22.9 Å². The third-order valence-electron chi connectivity index (χ3n) is 4.23. The Bertz CT molecular complexity index is 880. The van der Waals surface area contributed by atoms with Gasteiger partial charge in [-0.3, -0.25) is 0 Å². The number of aliphatic hydroxyl groups excluding tert-OH is 1. The summed E-state index contributed by atoms with van der Waals surface area (Å²) in [6, 6.07) is 13.9. The van der Waals surface area contributed by atoms with Gasteiger partial charge in [0.25, 0.3) is 0 Å². The number of nitriles is 1. The van der Waals surface area contributed by atoms with E-state index in [4.69, 9.17) is 0 Å². The molecular weight excluding hydrogens is 331 g/mol. The number of sulfonamides is 1. The van der Waals surface area contributed by atoms with Gasteiger partial charge in [-0.05, 0) is 23.8 Å². The van der Waals surface area contributed by atoms with Crippen molar-refractivity contribution < 1.29 is 17.9 Å². The van der Waals surface area contributed by atoms with Gasteiger partial charge in [-0.1, -0.05) is 36.4 Å². The predicted molar refractivity (Wildman–Crippen MR) is 84.9 cm³/mol. The molecule has 0 spiro atoms. The fourth-order valence-electron chi connectivity index (χ4n) is 3.12. The Morgan fingerprint density at radius 1 is 1.17 bits per heavy atom. The van der Waals surface area contributed by atoms with Crippen LogP contribution in [0.15, 0.2) is 59.5 Å². The minimum atomic E-state index is -4.08. The van der Waals surface area contributed by atoms with Gasteiger partial charge in [-0.2, -0.15) is 9.57 Å². The Morgan fingerprint density at radius 3 is 2.46 bits per heavy atom. The maximum atomic E-state index is 13.4. The zero-order valence-corrected chi connectivity index (χ0v) is 13.4. The Labute approximate surface area is 139 Å². The van der Waals surface area contributed by atoms with Crippen molar-refractivity contribution in [3.63, 3.8) is 0 Å². The zero-order chi connectivity index (χ0) is 17.3. The molecule has 1 aliphatic rings. The molecule has 1 saturated heterocycles. The number of halogens is 1. The van der Waals surface area contributed by atoms with Crippen LogP contribution >= 0.6 is 0 Å². The fourth-order valence-corrected chi connectivity index (χ4v) is 4.91.